The topological polar surface area (TPSA) is 75.3 Å². The van der Waals surface area contributed by atoms with Crippen LogP contribution in [-0.4, -0.2) is 20.5 Å². The average Bonchev–Trinajstić information content (AvgIpc) is 2.15. The lowest BCUT2D eigenvalue weighted by Crippen LogP contribution is -2.42. The lowest BCUT2D eigenvalue weighted by Gasteiger charge is -2.11. The van der Waals surface area contributed by atoms with Crippen molar-refractivity contribution in [1.82, 2.24) is 10.0 Å². The maximum atomic E-state index is 11.8. The van der Waals surface area contributed by atoms with Crippen LogP contribution in [0.25, 0.3) is 0 Å². The van der Waals surface area contributed by atoms with Crippen molar-refractivity contribution < 1.29 is 13.2 Å². The Morgan fingerprint density at radius 2 is 1.88 bits per heavy atom. The summed E-state index contributed by atoms with van der Waals surface area (Å²) in [4.78, 5) is 11.2. The molecule has 0 saturated carbocycles. The van der Waals surface area contributed by atoms with E-state index in [1.54, 1.807) is 19.9 Å². The second kappa shape index (κ2) is 5.37. The minimum absolute atomic E-state index is 0.0670. The van der Waals surface area contributed by atoms with Crippen LogP contribution in [0.5, 0.6) is 0 Å². The number of rotatable bonds is 3. The summed E-state index contributed by atoms with van der Waals surface area (Å²) in [5, 5.41) is 2.48. The van der Waals surface area contributed by atoms with Crippen molar-refractivity contribution in [2.45, 2.75) is 24.8 Å². The predicted octanol–water partition coefficient (Wildman–Crippen LogP) is 1.74. The molecule has 1 aromatic rings. The zero-order chi connectivity index (χ0) is 13.1. The molecule has 2 amide bonds. The molecule has 94 valence electrons. The van der Waals surface area contributed by atoms with Gasteiger partial charge in [0.1, 0.15) is 4.90 Å². The van der Waals surface area contributed by atoms with Gasteiger partial charge in [-0.15, -0.1) is 0 Å². The maximum Gasteiger partial charge on any atom is 0.328 e. The Labute approximate surface area is 105 Å². The van der Waals surface area contributed by atoms with E-state index in [0.29, 0.717) is 0 Å². The molecule has 0 aromatic heterocycles. The highest BCUT2D eigenvalue weighted by Gasteiger charge is 2.20. The van der Waals surface area contributed by atoms with Crippen molar-refractivity contribution in [2.24, 2.45) is 0 Å². The van der Waals surface area contributed by atoms with E-state index in [0.717, 1.165) is 0 Å². The highest BCUT2D eigenvalue weighted by Crippen LogP contribution is 2.19. The van der Waals surface area contributed by atoms with Gasteiger partial charge in [0.25, 0.3) is 10.0 Å². The van der Waals surface area contributed by atoms with Crippen LogP contribution in [0, 0.1) is 0 Å². The molecule has 7 heteroatoms. The number of benzene rings is 1. The van der Waals surface area contributed by atoms with Gasteiger partial charge < -0.3 is 5.32 Å². The quantitative estimate of drug-likeness (QED) is 0.883. The van der Waals surface area contributed by atoms with Gasteiger partial charge in [0, 0.05) is 6.04 Å². The molecule has 0 saturated heterocycles. The molecular weight excluding hydrogens is 264 g/mol. The largest absolute Gasteiger partial charge is 0.335 e. The number of hydrogen-bond acceptors (Lipinski definition) is 3. The number of carbonyl (C=O) groups excluding carboxylic acids is 1. The van der Waals surface area contributed by atoms with E-state index in [1.165, 1.54) is 18.2 Å². The predicted molar refractivity (Wildman–Crippen MR) is 65.4 cm³/mol. The first-order chi connectivity index (χ1) is 7.83. The molecule has 0 bridgehead atoms. The molecule has 5 nitrogen and oxygen atoms in total. The molecule has 0 aliphatic carbocycles. The summed E-state index contributed by atoms with van der Waals surface area (Å²) in [6.07, 6.45) is 0. The Morgan fingerprint density at radius 1 is 1.29 bits per heavy atom. The van der Waals surface area contributed by atoms with E-state index in [9.17, 15) is 13.2 Å². The van der Waals surface area contributed by atoms with Crippen LogP contribution in [0.1, 0.15) is 13.8 Å². The number of nitrogens with one attached hydrogen (secondary N) is 2. The second-order valence-electron chi connectivity index (χ2n) is 3.66. The molecule has 0 atom stereocenters. The summed E-state index contributed by atoms with van der Waals surface area (Å²) >= 11 is 5.75. The van der Waals surface area contributed by atoms with Crippen molar-refractivity contribution in [2.75, 3.05) is 0 Å². The van der Waals surface area contributed by atoms with Crippen LogP contribution in [0.2, 0.25) is 5.02 Å². The van der Waals surface area contributed by atoms with Gasteiger partial charge in [0.05, 0.1) is 5.02 Å². The number of amides is 2. The number of halogens is 1. The molecule has 0 radical (unpaired) electrons. The molecule has 0 unspecified atom stereocenters. The highest BCUT2D eigenvalue weighted by molar-refractivity contribution is 7.90. The average molecular weight is 277 g/mol. The Hall–Kier alpha value is -1.27. The summed E-state index contributed by atoms with van der Waals surface area (Å²) in [6.45, 7) is 3.45. The van der Waals surface area contributed by atoms with Crippen molar-refractivity contribution in [3.05, 3.63) is 29.3 Å². The van der Waals surface area contributed by atoms with Gasteiger partial charge in [0.2, 0.25) is 0 Å². The zero-order valence-corrected chi connectivity index (χ0v) is 11.0. The number of hydrogen-bond donors (Lipinski definition) is 2. The van der Waals surface area contributed by atoms with Gasteiger partial charge in [0.15, 0.2) is 0 Å². The van der Waals surface area contributed by atoms with Crippen LogP contribution >= 0.6 is 11.6 Å². The molecule has 2 N–H and O–H groups in total. The number of urea groups is 1. The van der Waals surface area contributed by atoms with Gasteiger partial charge in [-0.05, 0) is 26.0 Å². The van der Waals surface area contributed by atoms with Crippen LogP contribution < -0.4 is 10.0 Å². The third kappa shape index (κ3) is 3.90. The van der Waals surface area contributed by atoms with E-state index >= 15 is 0 Å². The molecular formula is C10H13ClN2O3S. The summed E-state index contributed by atoms with van der Waals surface area (Å²) in [7, 11) is -3.93. The van der Waals surface area contributed by atoms with E-state index in [-0.39, 0.29) is 16.0 Å². The zero-order valence-electron chi connectivity index (χ0n) is 9.40. The molecule has 0 heterocycles. The third-order valence-electron chi connectivity index (χ3n) is 1.77. The van der Waals surface area contributed by atoms with Crippen molar-refractivity contribution in [3.63, 3.8) is 0 Å². The summed E-state index contributed by atoms with van der Waals surface area (Å²) < 4.78 is 25.5. The fourth-order valence-electron chi connectivity index (χ4n) is 1.13. The lowest BCUT2D eigenvalue weighted by atomic mass is 10.4. The van der Waals surface area contributed by atoms with Gasteiger partial charge in [-0.3, -0.25) is 0 Å². The van der Waals surface area contributed by atoms with Crippen molar-refractivity contribution in [3.8, 4) is 0 Å². The van der Waals surface area contributed by atoms with Gasteiger partial charge in [-0.1, -0.05) is 23.7 Å². The minimum atomic E-state index is -3.93. The fraction of sp³-hybridized carbons (Fsp3) is 0.300. The van der Waals surface area contributed by atoms with Gasteiger partial charge in [-0.2, -0.15) is 0 Å². The smallest absolute Gasteiger partial charge is 0.328 e. The molecule has 17 heavy (non-hydrogen) atoms. The second-order valence-corrected chi connectivity index (χ2v) is 5.72. The number of carbonyl (C=O) groups is 1. The SMILES string of the molecule is CC(C)NC(=O)NS(=O)(=O)c1ccccc1Cl. The number of sulfonamides is 1. The van der Waals surface area contributed by atoms with Gasteiger partial charge >= 0.3 is 6.03 Å². The van der Waals surface area contributed by atoms with Crippen LogP contribution in [0.3, 0.4) is 0 Å². The summed E-state index contributed by atoms with van der Waals surface area (Å²) in [5.41, 5.74) is 0. The molecule has 0 spiro atoms. The van der Waals surface area contributed by atoms with E-state index in [4.69, 9.17) is 11.6 Å². The van der Waals surface area contributed by atoms with E-state index in [1.807, 2.05) is 4.72 Å². The van der Waals surface area contributed by atoms with Crippen LogP contribution in [-0.2, 0) is 10.0 Å². The molecule has 0 aliphatic heterocycles. The minimum Gasteiger partial charge on any atom is -0.335 e. The normalized spacial score (nSPS) is 11.3. The molecule has 0 aliphatic rings. The lowest BCUT2D eigenvalue weighted by molar-refractivity contribution is 0.243. The van der Waals surface area contributed by atoms with Crippen molar-refractivity contribution >= 4 is 27.7 Å². The summed E-state index contributed by atoms with van der Waals surface area (Å²) in [5.74, 6) is 0. The van der Waals surface area contributed by atoms with Crippen LogP contribution in [0.15, 0.2) is 29.2 Å². The maximum absolute atomic E-state index is 11.8. The standard InChI is InChI=1S/C10H13ClN2O3S/c1-7(2)12-10(14)13-17(15,16)9-6-4-3-5-8(9)11/h3-7H,1-2H3,(H2,12,13,14). The third-order valence-corrected chi connectivity index (χ3v) is 3.60. The summed E-state index contributed by atoms with van der Waals surface area (Å²) in [6, 6.07) is 4.97. The first-order valence-electron chi connectivity index (χ1n) is 4.91. The fourth-order valence-corrected chi connectivity index (χ4v) is 2.57. The monoisotopic (exact) mass is 276 g/mol. The van der Waals surface area contributed by atoms with Gasteiger partial charge in [-0.25, -0.2) is 17.9 Å². The Balaban J connectivity index is 2.91. The highest BCUT2D eigenvalue weighted by atomic mass is 35.5. The van der Waals surface area contributed by atoms with E-state index < -0.39 is 16.1 Å². The van der Waals surface area contributed by atoms with E-state index in [2.05, 4.69) is 5.32 Å². The Morgan fingerprint density at radius 3 is 2.41 bits per heavy atom. The molecule has 0 fully saturated rings. The van der Waals surface area contributed by atoms with Crippen molar-refractivity contribution in [1.29, 1.82) is 0 Å². The molecule has 1 aromatic carbocycles. The first-order valence-corrected chi connectivity index (χ1v) is 6.77. The first kappa shape index (κ1) is 13.8. The van der Waals surface area contributed by atoms with Crippen LogP contribution in [0.4, 0.5) is 4.79 Å². The Bertz CT molecular complexity index is 514. The Kier molecular flexibility index (Phi) is 4.36. The molecule has 1 rings (SSSR count).